The molecule has 0 saturated carbocycles. The molecule has 2 aliphatic rings. The molecule has 0 spiro atoms. The van der Waals surface area contributed by atoms with Crippen molar-refractivity contribution in [2.24, 2.45) is 0 Å². The summed E-state index contributed by atoms with van der Waals surface area (Å²) in [5.41, 5.74) is 0.436. The lowest BCUT2D eigenvalue weighted by atomic mass is 9.81. The number of esters is 1. The molecule has 2 saturated heterocycles. The number of carbonyl (C=O) groups excluding carboxylic acids is 1. The van der Waals surface area contributed by atoms with Crippen LogP contribution in [0.4, 0.5) is 0 Å². The zero-order valence-corrected chi connectivity index (χ0v) is 21.2. The van der Waals surface area contributed by atoms with Crippen LogP contribution in [0.5, 0.6) is 0 Å². The van der Waals surface area contributed by atoms with Crippen LogP contribution in [0.3, 0.4) is 0 Å². The number of hydrogen-bond donors (Lipinski definition) is 2. The molecule has 0 aromatic rings. The van der Waals surface area contributed by atoms with Crippen LogP contribution in [-0.4, -0.2) is 60.7 Å². The Bertz CT molecular complexity index is 511. The molecule has 2 rings (SSSR count). The Labute approximate surface area is 185 Å². The molecule has 2 aliphatic heterocycles. The van der Waals surface area contributed by atoms with Crippen LogP contribution in [0.25, 0.3) is 0 Å². The SMILES string of the molecule is CC(=O)OC1CC(C)(C)NC(C)(C)C1.COCCCOC1CC(C)(C)NC(C)(C)C1. The topological polar surface area (TPSA) is 68.8 Å². The monoisotopic (exact) mass is 428 g/mol. The third kappa shape index (κ3) is 11.1. The van der Waals surface area contributed by atoms with E-state index in [0.29, 0.717) is 6.10 Å². The smallest absolute Gasteiger partial charge is 0.302 e. The Balaban J connectivity index is 0.000000303. The molecular formula is C24H48N2O4. The summed E-state index contributed by atoms with van der Waals surface area (Å²) in [6.07, 6.45) is 5.36. The highest BCUT2D eigenvalue weighted by molar-refractivity contribution is 5.66. The molecular weight excluding hydrogens is 380 g/mol. The van der Waals surface area contributed by atoms with Gasteiger partial charge in [0.1, 0.15) is 6.10 Å². The molecule has 2 fully saturated rings. The molecule has 0 bridgehead atoms. The van der Waals surface area contributed by atoms with Gasteiger partial charge >= 0.3 is 5.97 Å². The second kappa shape index (κ2) is 10.8. The van der Waals surface area contributed by atoms with Crippen LogP contribution in [0.2, 0.25) is 0 Å². The van der Waals surface area contributed by atoms with Crippen LogP contribution in [0.1, 0.15) is 94.4 Å². The van der Waals surface area contributed by atoms with Crippen LogP contribution >= 0.6 is 0 Å². The summed E-state index contributed by atoms with van der Waals surface area (Å²) < 4.78 is 16.2. The molecule has 30 heavy (non-hydrogen) atoms. The fraction of sp³-hybridized carbons (Fsp3) is 0.958. The first-order valence-corrected chi connectivity index (χ1v) is 11.4. The van der Waals surface area contributed by atoms with Crippen molar-refractivity contribution >= 4 is 5.97 Å². The van der Waals surface area contributed by atoms with Gasteiger partial charge < -0.3 is 24.8 Å². The minimum Gasteiger partial charge on any atom is -0.462 e. The molecule has 0 aromatic heterocycles. The first-order valence-electron chi connectivity index (χ1n) is 11.4. The fourth-order valence-corrected chi connectivity index (χ4v) is 5.35. The average Bonchev–Trinajstić information content (AvgIpc) is 2.45. The highest BCUT2D eigenvalue weighted by atomic mass is 16.5. The predicted molar refractivity (Wildman–Crippen MR) is 123 cm³/mol. The second-order valence-corrected chi connectivity index (χ2v) is 11.7. The molecule has 0 radical (unpaired) electrons. The van der Waals surface area contributed by atoms with E-state index in [1.807, 2.05) is 0 Å². The van der Waals surface area contributed by atoms with Crippen molar-refractivity contribution in [3.8, 4) is 0 Å². The maximum atomic E-state index is 10.9. The number of hydrogen-bond acceptors (Lipinski definition) is 6. The Morgan fingerprint density at radius 3 is 1.53 bits per heavy atom. The van der Waals surface area contributed by atoms with Crippen molar-refractivity contribution in [1.82, 2.24) is 10.6 Å². The van der Waals surface area contributed by atoms with E-state index >= 15 is 0 Å². The van der Waals surface area contributed by atoms with Crippen LogP contribution in [0, 0.1) is 0 Å². The highest BCUT2D eigenvalue weighted by Gasteiger charge is 2.39. The molecule has 6 nitrogen and oxygen atoms in total. The van der Waals surface area contributed by atoms with Crippen molar-refractivity contribution < 1.29 is 19.0 Å². The van der Waals surface area contributed by atoms with Gasteiger partial charge in [-0.3, -0.25) is 4.79 Å². The Morgan fingerprint density at radius 1 is 0.767 bits per heavy atom. The molecule has 2 heterocycles. The van der Waals surface area contributed by atoms with Crippen LogP contribution < -0.4 is 10.6 Å². The lowest BCUT2D eigenvalue weighted by Gasteiger charge is -2.46. The zero-order chi connectivity index (χ0) is 23.2. The summed E-state index contributed by atoms with van der Waals surface area (Å²) >= 11 is 0. The summed E-state index contributed by atoms with van der Waals surface area (Å²) in [7, 11) is 1.73. The van der Waals surface area contributed by atoms with E-state index in [-0.39, 0.29) is 34.2 Å². The molecule has 6 heteroatoms. The largest absolute Gasteiger partial charge is 0.462 e. The quantitative estimate of drug-likeness (QED) is 0.488. The lowest BCUT2D eigenvalue weighted by molar-refractivity contribution is -0.150. The Morgan fingerprint density at radius 2 is 1.17 bits per heavy atom. The first kappa shape index (κ1) is 27.3. The van der Waals surface area contributed by atoms with E-state index in [9.17, 15) is 4.79 Å². The van der Waals surface area contributed by atoms with E-state index in [2.05, 4.69) is 66.0 Å². The Hall–Kier alpha value is -0.690. The number of ether oxygens (including phenoxy) is 3. The predicted octanol–water partition coefficient (Wildman–Crippen LogP) is 4.21. The van der Waals surface area contributed by atoms with E-state index in [1.165, 1.54) is 6.92 Å². The summed E-state index contributed by atoms with van der Waals surface area (Å²) in [6.45, 7) is 20.6. The normalized spacial score (nSPS) is 25.1. The summed E-state index contributed by atoms with van der Waals surface area (Å²) in [5.74, 6) is -0.177. The number of carbonyl (C=O) groups is 1. The minimum atomic E-state index is -0.177. The molecule has 2 N–H and O–H groups in total. The van der Waals surface area contributed by atoms with E-state index in [4.69, 9.17) is 14.2 Å². The lowest BCUT2D eigenvalue weighted by Crippen LogP contribution is -2.59. The minimum absolute atomic E-state index is 0.0435. The first-order chi connectivity index (χ1) is 13.5. The molecule has 178 valence electrons. The van der Waals surface area contributed by atoms with Crippen molar-refractivity contribution in [3.63, 3.8) is 0 Å². The standard InChI is InChI=1S/C13H27NO2.C11H21NO2/c1-12(2)9-11(10-13(3,4)14-12)16-8-6-7-15-5;1-8(13)14-9-6-10(2,3)12-11(4,5)7-9/h11,14H,6-10H2,1-5H3;9,12H,6-7H2,1-5H3. The number of methoxy groups -OCH3 is 1. The fourth-order valence-electron chi connectivity index (χ4n) is 5.35. The van der Waals surface area contributed by atoms with Gasteiger partial charge in [0, 0.05) is 62.2 Å². The number of piperidine rings is 2. The molecule has 0 unspecified atom stereocenters. The zero-order valence-electron chi connectivity index (χ0n) is 21.2. The highest BCUT2D eigenvalue weighted by Crippen LogP contribution is 2.31. The molecule has 0 aromatic carbocycles. The van der Waals surface area contributed by atoms with Gasteiger partial charge in [0.25, 0.3) is 0 Å². The summed E-state index contributed by atoms with van der Waals surface area (Å²) in [5, 5.41) is 7.20. The van der Waals surface area contributed by atoms with Crippen molar-refractivity contribution in [2.75, 3.05) is 20.3 Å². The summed E-state index contributed by atoms with van der Waals surface area (Å²) in [6, 6.07) is 0. The second-order valence-electron chi connectivity index (χ2n) is 11.7. The van der Waals surface area contributed by atoms with E-state index in [1.54, 1.807) is 7.11 Å². The van der Waals surface area contributed by atoms with E-state index < -0.39 is 0 Å². The maximum absolute atomic E-state index is 10.9. The molecule has 0 aliphatic carbocycles. The van der Waals surface area contributed by atoms with Crippen molar-refractivity contribution in [2.45, 2.75) is 129 Å². The van der Waals surface area contributed by atoms with Gasteiger partial charge in [-0.1, -0.05) is 0 Å². The van der Waals surface area contributed by atoms with Gasteiger partial charge in [-0.25, -0.2) is 0 Å². The van der Waals surface area contributed by atoms with Crippen molar-refractivity contribution in [3.05, 3.63) is 0 Å². The van der Waals surface area contributed by atoms with Gasteiger partial charge in [0.05, 0.1) is 6.10 Å². The number of nitrogens with one attached hydrogen (secondary N) is 2. The van der Waals surface area contributed by atoms with Gasteiger partial charge in [-0.15, -0.1) is 0 Å². The molecule has 0 amide bonds. The Kier molecular flexibility index (Phi) is 9.80. The average molecular weight is 429 g/mol. The number of rotatable bonds is 6. The van der Waals surface area contributed by atoms with Gasteiger partial charge in [-0.2, -0.15) is 0 Å². The van der Waals surface area contributed by atoms with Gasteiger partial charge in [0.15, 0.2) is 0 Å². The van der Waals surface area contributed by atoms with Gasteiger partial charge in [0.2, 0.25) is 0 Å². The van der Waals surface area contributed by atoms with Crippen molar-refractivity contribution in [1.29, 1.82) is 0 Å². The van der Waals surface area contributed by atoms with Crippen LogP contribution in [0.15, 0.2) is 0 Å². The van der Waals surface area contributed by atoms with E-state index in [0.717, 1.165) is 45.3 Å². The molecule has 0 atom stereocenters. The summed E-state index contributed by atoms with van der Waals surface area (Å²) in [4.78, 5) is 10.9. The maximum Gasteiger partial charge on any atom is 0.302 e. The third-order valence-electron chi connectivity index (χ3n) is 5.48. The third-order valence-corrected chi connectivity index (χ3v) is 5.48. The van der Waals surface area contributed by atoms with Gasteiger partial charge in [-0.05, 0) is 74.7 Å². The van der Waals surface area contributed by atoms with Crippen LogP contribution in [-0.2, 0) is 19.0 Å².